The van der Waals surface area contributed by atoms with E-state index in [9.17, 15) is 4.79 Å². The molecule has 0 radical (unpaired) electrons. The maximum atomic E-state index is 12.4. The molecule has 0 atom stereocenters. The van der Waals surface area contributed by atoms with E-state index in [1.54, 1.807) is 29.2 Å². The number of aromatic nitrogens is 4. The van der Waals surface area contributed by atoms with Crippen molar-refractivity contribution in [2.75, 3.05) is 31.6 Å². The summed E-state index contributed by atoms with van der Waals surface area (Å²) in [5.74, 6) is 0.511. The Labute approximate surface area is 197 Å². The van der Waals surface area contributed by atoms with Crippen molar-refractivity contribution in [3.8, 4) is 5.69 Å². The first-order valence-electron chi connectivity index (χ1n) is 11.4. The minimum Gasteiger partial charge on any atom is -0.351 e. The van der Waals surface area contributed by atoms with Crippen molar-refractivity contribution in [2.45, 2.75) is 12.8 Å². The highest BCUT2D eigenvalue weighted by Crippen LogP contribution is 2.21. The van der Waals surface area contributed by atoms with Crippen LogP contribution in [0.25, 0.3) is 16.7 Å². The second-order valence-corrected chi connectivity index (χ2v) is 8.15. The van der Waals surface area contributed by atoms with Gasteiger partial charge in [-0.15, -0.1) is 0 Å². The number of para-hydroxylation sites is 1. The van der Waals surface area contributed by atoms with Crippen LogP contribution >= 0.6 is 0 Å². The normalized spacial score (nSPS) is 14.1. The molecule has 1 saturated heterocycles. The first-order valence-corrected chi connectivity index (χ1v) is 11.4. The summed E-state index contributed by atoms with van der Waals surface area (Å²) in [6.07, 6.45) is 7.40. The van der Waals surface area contributed by atoms with Crippen molar-refractivity contribution >= 4 is 29.0 Å². The number of likely N-dealkylation sites (tertiary alicyclic amines) is 1. The molecule has 0 bridgehead atoms. The maximum absolute atomic E-state index is 12.4. The van der Waals surface area contributed by atoms with Gasteiger partial charge < -0.3 is 10.2 Å². The maximum Gasteiger partial charge on any atom is 0.251 e. The van der Waals surface area contributed by atoms with Gasteiger partial charge in [-0.1, -0.05) is 30.3 Å². The van der Waals surface area contributed by atoms with Crippen LogP contribution in [0.4, 0.5) is 5.82 Å². The second-order valence-electron chi connectivity index (χ2n) is 8.15. The number of hydrogen-bond acceptors (Lipinski definition) is 7. The summed E-state index contributed by atoms with van der Waals surface area (Å²) in [5.41, 5.74) is 6.09. The molecule has 1 aliphatic heterocycles. The fraction of sp³-hybridized carbons (Fsp3) is 0.240. The minimum absolute atomic E-state index is 0.0559. The first kappa shape index (κ1) is 21.7. The van der Waals surface area contributed by atoms with Gasteiger partial charge in [-0.25, -0.2) is 14.6 Å². The van der Waals surface area contributed by atoms with Crippen LogP contribution in [0.15, 0.2) is 72.2 Å². The van der Waals surface area contributed by atoms with Crippen LogP contribution in [0, 0.1) is 0 Å². The Hall–Kier alpha value is -4.11. The number of anilines is 1. The lowest BCUT2D eigenvalue weighted by molar-refractivity contribution is 0.0949. The van der Waals surface area contributed by atoms with E-state index in [0.29, 0.717) is 23.6 Å². The highest BCUT2D eigenvalue weighted by Gasteiger charge is 2.12. The Bertz CT molecular complexity index is 1280. The number of hydrogen-bond donors (Lipinski definition) is 2. The standard InChI is InChI=1S/C25H26N8O/c34-25(26-12-15-32-13-4-5-14-32)20-10-8-19(9-11-20)16-29-31-23-22-17-30-33(24(22)28-18-27-23)21-6-2-1-3-7-21/h1-3,6-11,16-18H,4-5,12-15H2,(H,26,34)(H,27,28,31)/b29-16+. The molecule has 0 unspecified atom stereocenters. The van der Waals surface area contributed by atoms with Gasteiger partial charge in [0.15, 0.2) is 11.5 Å². The average Bonchev–Trinajstić information content (AvgIpc) is 3.55. The van der Waals surface area contributed by atoms with Crippen LogP contribution in [-0.2, 0) is 0 Å². The van der Waals surface area contributed by atoms with E-state index in [4.69, 9.17) is 0 Å². The molecule has 0 saturated carbocycles. The zero-order valence-corrected chi connectivity index (χ0v) is 18.8. The number of carbonyl (C=O) groups is 1. The van der Waals surface area contributed by atoms with Gasteiger partial charge in [0.2, 0.25) is 0 Å². The minimum atomic E-state index is -0.0559. The van der Waals surface area contributed by atoms with Gasteiger partial charge in [0, 0.05) is 18.7 Å². The fourth-order valence-electron chi connectivity index (χ4n) is 4.02. The molecule has 1 fully saturated rings. The van der Waals surface area contributed by atoms with Crippen molar-refractivity contribution in [1.29, 1.82) is 0 Å². The van der Waals surface area contributed by atoms with E-state index in [2.05, 4.69) is 35.8 Å². The lowest BCUT2D eigenvalue weighted by atomic mass is 10.1. The molecule has 4 aromatic rings. The molecule has 9 nitrogen and oxygen atoms in total. The second kappa shape index (κ2) is 10.2. The Morgan fingerprint density at radius 1 is 1.03 bits per heavy atom. The lowest BCUT2D eigenvalue weighted by Gasteiger charge is -2.14. The van der Waals surface area contributed by atoms with Gasteiger partial charge in [-0.2, -0.15) is 10.2 Å². The van der Waals surface area contributed by atoms with Crippen molar-refractivity contribution in [2.24, 2.45) is 5.10 Å². The van der Waals surface area contributed by atoms with Gasteiger partial charge in [-0.05, 0) is 55.8 Å². The molecule has 1 amide bonds. The van der Waals surface area contributed by atoms with Crippen molar-refractivity contribution in [1.82, 2.24) is 30.0 Å². The third-order valence-corrected chi connectivity index (χ3v) is 5.84. The molecule has 3 heterocycles. The largest absolute Gasteiger partial charge is 0.351 e. The molecule has 2 aromatic heterocycles. The summed E-state index contributed by atoms with van der Waals surface area (Å²) in [6, 6.07) is 17.1. The van der Waals surface area contributed by atoms with E-state index in [0.717, 1.165) is 36.3 Å². The third kappa shape index (κ3) is 4.94. The summed E-state index contributed by atoms with van der Waals surface area (Å²) in [6.45, 7) is 3.84. The third-order valence-electron chi connectivity index (χ3n) is 5.84. The van der Waals surface area contributed by atoms with Crippen LogP contribution < -0.4 is 10.7 Å². The van der Waals surface area contributed by atoms with E-state index < -0.39 is 0 Å². The summed E-state index contributed by atoms with van der Waals surface area (Å²) in [7, 11) is 0. The molecule has 9 heteroatoms. The number of rotatable bonds is 8. The topological polar surface area (TPSA) is 100 Å². The van der Waals surface area contributed by atoms with Crippen LogP contribution in [0.3, 0.4) is 0 Å². The number of benzene rings is 2. The highest BCUT2D eigenvalue weighted by molar-refractivity contribution is 5.95. The molecule has 34 heavy (non-hydrogen) atoms. The molecule has 172 valence electrons. The average molecular weight is 455 g/mol. The molecule has 5 rings (SSSR count). The van der Waals surface area contributed by atoms with Crippen LogP contribution in [0.5, 0.6) is 0 Å². The van der Waals surface area contributed by atoms with Gasteiger partial charge in [0.25, 0.3) is 5.91 Å². The summed E-state index contributed by atoms with van der Waals surface area (Å²) in [4.78, 5) is 23.4. The zero-order valence-electron chi connectivity index (χ0n) is 18.8. The Morgan fingerprint density at radius 3 is 2.62 bits per heavy atom. The van der Waals surface area contributed by atoms with E-state index in [1.807, 2.05) is 42.5 Å². The number of nitrogens with one attached hydrogen (secondary N) is 2. The molecule has 0 aliphatic carbocycles. The Kier molecular flexibility index (Phi) is 6.53. The molecule has 2 N–H and O–H groups in total. The van der Waals surface area contributed by atoms with Gasteiger partial charge in [0.1, 0.15) is 6.33 Å². The summed E-state index contributed by atoms with van der Waals surface area (Å²) >= 11 is 0. The zero-order chi connectivity index (χ0) is 23.2. The van der Waals surface area contributed by atoms with Crippen LogP contribution in [0.1, 0.15) is 28.8 Å². The van der Waals surface area contributed by atoms with Gasteiger partial charge in [-0.3, -0.25) is 10.2 Å². The number of nitrogens with zero attached hydrogens (tertiary/aromatic N) is 6. The molecule has 0 spiro atoms. The number of amides is 1. The monoisotopic (exact) mass is 454 g/mol. The summed E-state index contributed by atoms with van der Waals surface area (Å²) < 4.78 is 1.76. The summed E-state index contributed by atoms with van der Waals surface area (Å²) in [5, 5.41) is 12.5. The van der Waals surface area contributed by atoms with Gasteiger partial charge >= 0.3 is 0 Å². The van der Waals surface area contributed by atoms with Gasteiger partial charge in [0.05, 0.1) is 23.5 Å². The number of hydrazone groups is 1. The Balaban J connectivity index is 1.19. The number of carbonyl (C=O) groups excluding carboxylic acids is 1. The molecule has 1 aliphatic rings. The molecule has 2 aromatic carbocycles. The Morgan fingerprint density at radius 2 is 1.82 bits per heavy atom. The highest BCUT2D eigenvalue weighted by atomic mass is 16.1. The quantitative estimate of drug-likeness (QED) is 0.314. The fourth-order valence-corrected chi connectivity index (χ4v) is 4.02. The van der Waals surface area contributed by atoms with Crippen molar-refractivity contribution in [3.63, 3.8) is 0 Å². The smallest absolute Gasteiger partial charge is 0.251 e. The van der Waals surface area contributed by atoms with Crippen LogP contribution in [0.2, 0.25) is 0 Å². The predicted molar refractivity (Wildman–Crippen MR) is 132 cm³/mol. The van der Waals surface area contributed by atoms with E-state index in [-0.39, 0.29) is 5.91 Å². The van der Waals surface area contributed by atoms with Crippen molar-refractivity contribution in [3.05, 3.63) is 78.2 Å². The van der Waals surface area contributed by atoms with Crippen molar-refractivity contribution < 1.29 is 4.79 Å². The SMILES string of the molecule is O=C(NCCN1CCCC1)c1ccc(/C=N/Nc2ncnc3c2cnn3-c2ccccc2)cc1. The van der Waals surface area contributed by atoms with E-state index >= 15 is 0 Å². The predicted octanol–water partition coefficient (Wildman–Crippen LogP) is 3.09. The van der Waals surface area contributed by atoms with E-state index in [1.165, 1.54) is 19.2 Å². The number of fused-ring (bicyclic) bond motifs is 1. The van der Waals surface area contributed by atoms with Crippen LogP contribution in [-0.4, -0.2) is 62.9 Å². The molecular weight excluding hydrogens is 428 g/mol. The lowest BCUT2D eigenvalue weighted by Crippen LogP contribution is -2.33. The molecular formula is C25H26N8O. The first-order chi connectivity index (χ1) is 16.8.